The van der Waals surface area contributed by atoms with E-state index >= 15 is 0 Å². The van der Waals surface area contributed by atoms with Gasteiger partial charge in [0.05, 0.1) is 14.2 Å². The highest BCUT2D eigenvalue weighted by molar-refractivity contribution is 6.45. The predicted molar refractivity (Wildman–Crippen MR) is 74.6 cm³/mol. The predicted octanol–water partition coefficient (Wildman–Crippen LogP) is 0.415. The molecule has 0 saturated carbocycles. The van der Waals surface area contributed by atoms with Gasteiger partial charge in [0.2, 0.25) is 5.71 Å². The highest BCUT2D eigenvalue weighted by Crippen LogP contribution is 2.33. The van der Waals surface area contributed by atoms with Crippen LogP contribution in [0.25, 0.3) is 0 Å². The van der Waals surface area contributed by atoms with Gasteiger partial charge in [-0.3, -0.25) is 10.8 Å². The highest BCUT2D eigenvalue weighted by Gasteiger charge is 2.17. The molecule has 5 N–H and O–H groups in total. The zero-order valence-electron chi connectivity index (χ0n) is 11.3. The van der Waals surface area contributed by atoms with E-state index in [1.54, 1.807) is 6.07 Å². The molecule has 1 aromatic carbocycles. The van der Waals surface area contributed by atoms with Gasteiger partial charge in [0.15, 0.2) is 11.6 Å². The number of nitrogens with one attached hydrogen (secondary N) is 2. The molecule has 0 unspecified atom stereocenters. The van der Waals surface area contributed by atoms with Crippen LogP contribution < -0.4 is 15.9 Å². The number of carbonyl (C=O) groups excluding carboxylic acids is 1. The van der Waals surface area contributed by atoms with Crippen LogP contribution >= 0.6 is 0 Å². The number of amidine groups is 1. The number of aromatic hydroxyl groups is 1. The van der Waals surface area contributed by atoms with E-state index in [4.69, 9.17) is 21.1 Å². The number of phenols is 1. The Bertz CT molecular complexity index is 648. The van der Waals surface area contributed by atoms with Gasteiger partial charge in [-0.1, -0.05) is 0 Å². The van der Waals surface area contributed by atoms with Crippen molar-refractivity contribution in [2.24, 2.45) is 10.8 Å². The summed E-state index contributed by atoms with van der Waals surface area (Å²) in [5.74, 6) is -1.49. The van der Waals surface area contributed by atoms with E-state index in [-0.39, 0.29) is 22.7 Å². The Morgan fingerprint density at radius 3 is 2.67 bits per heavy atom. The Morgan fingerprint density at radius 1 is 1.52 bits per heavy atom. The molecule has 0 saturated heterocycles. The lowest BCUT2D eigenvalue weighted by molar-refractivity contribution is 0.0597. The molecular weight excluding hydrogens is 278 g/mol. The molecule has 0 radical (unpaired) electrons. The lowest BCUT2D eigenvalue weighted by Crippen LogP contribution is -2.21. The first-order valence-corrected chi connectivity index (χ1v) is 5.52. The molecule has 0 amide bonds. The minimum Gasteiger partial charge on any atom is -0.505 e. The molecule has 0 fully saturated rings. The molecule has 0 aliphatic rings. The number of hydrogen-bond acceptors (Lipinski definition) is 8. The zero-order chi connectivity index (χ0) is 16.0. The number of hydrazone groups is 1. The number of nitrogens with zero attached hydrogens (tertiary/aromatic N) is 2. The maximum Gasteiger partial charge on any atom is 0.341 e. The number of nitriles is 1. The van der Waals surface area contributed by atoms with Crippen molar-refractivity contribution in [1.29, 1.82) is 10.7 Å². The van der Waals surface area contributed by atoms with Gasteiger partial charge in [0.25, 0.3) is 0 Å². The van der Waals surface area contributed by atoms with E-state index in [2.05, 4.69) is 15.3 Å². The van der Waals surface area contributed by atoms with E-state index in [1.165, 1.54) is 19.2 Å². The first-order chi connectivity index (χ1) is 9.94. The van der Waals surface area contributed by atoms with Crippen LogP contribution in [0, 0.1) is 16.7 Å². The van der Waals surface area contributed by atoms with Crippen molar-refractivity contribution in [2.75, 3.05) is 19.6 Å². The molecule has 0 aromatic heterocycles. The lowest BCUT2D eigenvalue weighted by atomic mass is 10.1. The summed E-state index contributed by atoms with van der Waals surface area (Å²) in [7, 11) is 2.53. The zero-order valence-corrected chi connectivity index (χ0v) is 11.3. The number of anilines is 1. The molecule has 9 heteroatoms. The van der Waals surface area contributed by atoms with Crippen LogP contribution in [-0.4, -0.2) is 36.8 Å². The molecule has 21 heavy (non-hydrogen) atoms. The van der Waals surface area contributed by atoms with E-state index < -0.39 is 17.6 Å². The normalized spacial score (nSPS) is 10.4. The fourth-order valence-electron chi connectivity index (χ4n) is 1.34. The summed E-state index contributed by atoms with van der Waals surface area (Å²) in [5, 5.41) is 29.4. The number of methoxy groups -OCH3 is 2. The Hall–Kier alpha value is -3.28. The SMILES string of the molecule is COC(=O)c1cc(OC)cc(N/N=C(\C#N)C(=N)N)c1O. The first-order valence-electron chi connectivity index (χ1n) is 5.52. The third-order valence-electron chi connectivity index (χ3n) is 2.37. The molecule has 1 aromatic rings. The number of rotatable bonds is 5. The van der Waals surface area contributed by atoms with E-state index in [1.807, 2.05) is 0 Å². The largest absolute Gasteiger partial charge is 0.505 e. The van der Waals surface area contributed by atoms with Crippen molar-refractivity contribution in [1.82, 2.24) is 0 Å². The minimum atomic E-state index is -0.773. The molecule has 1 rings (SSSR count). The summed E-state index contributed by atoms with van der Waals surface area (Å²) in [5.41, 5.74) is 6.95. The van der Waals surface area contributed by atoms with E-state index in [0.717, 1.165) is 7.11 Å². The number of esters is 1. The van der Waals surface area contributed by atoms with Crippen LogP contribution in [0.4, 0.5) is 5.69 Å². The van der Waals surface area contributed by atoms with Gasteiger partial charge in [-0.2, -0.15) is 10.4 Å². The second-order valence-electron chi connectivity index (χ2n) is 3.66. The van der Waals surface area contributed by atoms with Crippen molar-refractivity contribution in [3.8, 4) is 17.6 Å². The van der Waals surface area contributed by atoms with Gasteiger partial charge in [-0.05, 0) is 6.07 Å². The fraction of sp³-hybridized carbons (Fsp3) is 0.167. The quantitative estimate of drug-likeness (QED) is 0.201. The maximum atomic E-state index is 11.5. The van der Waals surface area contributed by atoms with Crippen LogP contribution in [0.3, 0.4) is 0 Å². The summed E-state index contributed by atoms with van der Waals surface area (Å²) in [6.45, 7) is 0. The van der Waals surface area contributed by atoms with Gasteiger partial charge in [-0.25, -0.2) is 4.79 Å². The summed E-state index contributed by atoms with van der Waals surface area (Å²) < 4.78 is 9.52. The molecule has 0 aliphatic carbocycles. The highest BCUT2D eigenvalue weighted by atomic mass is 16.5. The molecular formula is C12H13N5O4. The van der Waals surface area contributed by atoms with Crippen molar-refractivity contribution in [2.45, 2.75) is 0 Å². The van der Waals surface area contributed by atoms with Crippen LogP contribution in [-0.2, 0) is 4.74 Å². The lowest BCUT2D eigenvalue weighted by Gasteiger charge is -2.11. The first kappa shape index (κ1) is 15.8. The Balaban J connectivity index is 3.27. The van der Waals surface area contributed by atoms with Crippen LogP contribution in [0.15, 0.2) is 17.2 Å². The molecule has 0 bridgehead atoms. The third-order valence-corrected chi connectivity index (χ3v) is 2.37. The number of benzene rings is 1. The summed E-state index contributed by atoms with van der Waals surface area (Å²) >= 11 is 0. The van der Waals surface area contributed by atoms with Gasteiger partial charge in [0.1, 0.15) is 23.1 Å². The number of phenolic OH excluding ortho intramolecular Hbond substituents is 1. The number of hydrogen-bond donors (Lipinski definition) is 4. The van der Waals surface area contributed by atoms with Crippen LogP contribution in [0.5, 0.6) is 11.5 Å². The Kier molecular flexibility index (Phi) is 5.08. The van der Waals surface area contributed by atoms with Crippen LogP contribution in [0.2, 0.25) is 0 Å². The van der Waals surface area contributed by atoms with Crippen LogP contribution in [0.1, 0.15) is 10.4 Å². The van der Waals surface area contributed by atoms with Gasteiger partial charge >= 0.3 is 5.97 Å². The van der Waals surface area contributed by atoms with Crippen molar-refractivity contribution >= 4 is 23.2 Å². The average Bonchev–Trinajstić information content (AvgIpc) is 2.48. The summed E-state index contributed by atoms with van der Waals surface area (Å²) in [4.78, 5) is 11.5. The topological polar surface area (TPSA) is 154 Å². The number of nitrogens with two attached hydrogens (primary N) is 1. The van der Waals surface area contributed by atoms with Crippen molar-refractivity contribution in [3.63, 3.8) is 0 Å². The Morgan fingerprint density at radius 2 is 2.19 bits per heavy atom. The molecule has 0 aliphatic heterocycles. The van der Waals surface area contributed by atoms with E-state index in [0.29, 0.717) is 0 Å². The smallest absolute Gasteiger partial charge is 0.341 e. The molecule has 0 atom stereocenters. The molecule has 9 nitrogen and oxygen atoms in total. The number of carbonyl (C=O) groups is 1. The standard InChI is InChI=1S/C12H13N5O4/c1-20-6-3-7(12(19)21-2)10(18)8(4-6)16-17-9(5-13)11(14)15/h3-4,16,18H,1-2H3,(H3,14,15)/b17-9+. The third kappa shape index (κ3) is 3.60. The average molecular weight is 291 g/mol. The fourth-order valence-corrected chi connectivity index (χ4v) is 1.34. The van der Waals surface area contributed by atoms with Gasteiger partial charge in [-0.15, -0.1) is 0 Å². The summed E-state index contributed by atoms with van der Waals surface area (Å²) in [6.07, 6.45) is 0. The molecule has 0 spiro atoms. The monoisotopic (exact) mass is 291 g/mol. The van der Waals surface area contributed by atoms with E-state index in [9.17, 15) is 9.90 Å². The second kappa shape index (κ2) is 6.76. The van der Waals surface area contributed by atoms with Crippen molar-refractivity contribution < 1.29 is 19.4 Å². The molecule has 0 heterocycles. The Labute approximate surface area is 120 Å². The van der Waals surface area contributed by atoms with Crippen molar-refractivity contribution in [3.05, 3.63) is 17.7 Å². The summed E-state index contributed by atoms with van der Waals surface area (Å²) in [6, 6.07) is 4.23. The number of ether oxygens (including phenoxy) is 2. The maximum absolute atomic E-state index is 11.5. The second-order valence-corrected chi connectivity index (χ2v) is 3.66. The molecule has 110 valence electrons. The van der Waals surface area contributed by atoms with Gasteiger partial charge < -0.3 is 20.3 Å². The minimum absolute atomic E-state index is 0.0104. The van der Waals surface area contributed by atoms with Gasteiger partial charge in [0, 0.05) is 6.07 Å².